The smallest absolute Gasteiger partial charge is 0.0414 e. The Kier molecular flexibility index (Phi) is 22.0. The third-order valence-corrected chi connectivity index (χ3v) is 5.78. The Labute approximate surface area is 161 Å². The molecule has 0 rings (SSSR count). The Balaban J connectivity index is 3.30. The molecule has 0 aromatic heterocycles. The van der Waals surface area contributed by atoms with Crippen molar-refractivity contribution in [2.24, 2.45) is 5.92 Å². The lowest BCUT2D eigenvalue weighted by Crippen LogP contribution is -2.00. The van der Waals surface area contributed by atoms with Crippen molar-refractivity contribution >= 4 is 0 Å². The molecule has 25 heavy (non-hydrogen) atoms. The summed E-state index contributed by atoms with van der Waals surface area (Å²) >= 11 is 0. The van der Waals surface area contributed by atoms with Crippen molar-refractivity contribution in [1.29, 1.82) is 0 Å². The van der Waals surface area contributed by atoms with E-state index in [1.165, 1.54) is 128 Å². The van der Waals surface area contributed by atoms with E-state index in [-0.39, 0.29) is 0 Å². The van der Waals surface area contributed by atoms with Crippen LogP contribution in [0.15, 0.2) is 0 Å². The van der Waals surface area contributed by atoms with E-state index in [2.05, 4.69) is 20.8 Å². The lowest BCUT2D eigenvalue weighted by atomic mass is 9.91. The van der Waals surface area contributed by atoms with Crippen LogP contribution in [0.25, 0.3) is 0 Å². The van der Waals surface area contributed by atoms with Crippen molar-refractivity contribution in [2.75, 3.05) is 0 Å². The lowest BCUT2D eigenvalue weighted by Gasteiger charge is -2.15. The van der Waals surface area contributed by atoms with Gasteiger partial charge in [-0.2, -0.15) is 0 Å². The SMILES string of the molecule is [CH2]CCCCCC(CCC)CCCCCCCCCCCCCCC. The predicted octanol–water partition coefficient (Wildman–Crippen LogP) is 9.67. The van der Waals surface area contributed by atoms with Crippen LogP contribution >= 0.6 is 0 Å². The molecule has 0 aliphatic heterocycles. The molecule has 0 amide bonds. The summed E-state index contributed by atoms with van der Waals surface area (Å²) in [6, 6.07) is 0. The monoisotopic (exact) mass is 351 g/mol. The normalized spacial score (nSPS) is 12.6. The van der Waals surface area contributed by atoms with E-state index in [1.807, 2.05) is 0 Å². The number of unbranched alkanes of at least 4 members (excludes halogenated alkanes) is 15. The third-order valence-electron chi connectivity index (χ3n) is 5.78. The van der Waals surface area contributed by atoms with Crippen molar-refractivity contribution in [2.45, 2.75) is 149 Å². The predicted molar refractivity (Wildman–Crippen MR) is 117 cm³/mol. The van der Waals surface area contributed by atoms with E-state index in [9.17, 15) is 0 Å². The Morgan fingerprint density at radius 3 is 1.24 bits per heavy atom. The van der Waals surface area contributed by atoms with Gasteiger partial charge in [-0.1, -0.05) is 156 Å². The molecule has 0 nitrogen and oxygen atoms in total. The summed E-state index contributed by atoms with van der Waals surface area (Å²) in [6.45, 7) is 8.61. The van der Waals surface area contributed by atoms with Gasteiger partial charge in [0.25, 0.3) is 0 Å². The lowest BCUT2D eigenvalue weighted by molar-refractivity contribution is 0.378. The summed E-state index contributed by atoms with van der Waals surface area (Å²) in [6.07, 6.45) is 30.2. The molecule has 0 aromatic carbocycles. The van der Waals surface area contributed by atoms with Crippen LogP contribution in [-0.2, 0) is 0 Å². The summed E-state index contributed by atoms with van der Waals surface area (Å²) in [5, 5.41) is 0. The van der Waals surface area contributed by atoms with Crippen LogP contribution in [0.5, 0.6) is 0 Å². The highest BCUT2D eigenvalue weighted by molar-refractivity contribution is 4.61. The fourth-order valence-electron chi connectivity index (χ4n) is 4.08. The van der Waals surface area contributed by atoms with Crippen molar-refractivity contribution in [3.63, 3.8) is 0 Å². The van der Waals surface area contributed by atoms with Gasteiger partial charge >= 0.3 is 0 Å². The quantitative estimate of drug-likeness (QED) is 0.180. The minimum atomic E-state index is 1.02. The highest BCUT2D eigenvalue weighted by atomic mass is 14.1. The summed E-state index contributed by atoms with van der Waals surface area (Å²) in [4.78, 5) is 0. The summed E-state index contributed by atoms with van der Waals surface area (Å²) in [5.74, 6) is 1.02. The van der Waals surface area contributed by atoms with Gasteiger partial charge in [0.2, 0.25) is 0 Å². The second kappa shape index (κ2) is 22.0. The van der Waals surface area contributed by atoms with Crippen LogP contribution in [0, 0.1) is 12.8 Å². The highest BCUT2D eigenvalue weighted by Crippen LogP contribution is 2.23. The molecule has 0 fully saturated rings. The van der Waals surface area contributed by atoms with E-state index in [0.29, 0.717) is 0 Å². The zero-order valence-electron chi connectivity index (χ0n) is 18.1. The molecule has 0 saturated carbocycles. The molecule has 1 radical (unpaired) electrons. The van der Waals surface area contributed by atoms with Gasteiger partial charge in [-0.25, -0.2) is 0 Å². The van der Waals surface area contributed by atoms with Crippen molar-refractivity contribution in [3.05, 3.63) is 6.92 Å². The van der Waals surface area contributed by atoms with Crippen LogP contribution in [0.1, 0.15) is 149 Å². The van der Waals surface area contributed by atoms with Crippen LogP contribution in [0.2, 0.25) is 0 Å². The largest absolute Gasteiger partial charge is 0.0654 e. The molecule has 0 saturated heterocycles. The Morgan fingerprint density at radius 2 is 0.840 bits per heavy atom. The van der Waals surface area contributed by atoms with Crippen LogP contribution in [-0.4, -0.2) is 0 Å². The molecule has 0 aromatic rings. The number of rotatable bonds is 21. The minimum absolute atomic E-state index is 1.02. The molecule has 0 bridgehead atoms. The molecule has 151 valence electrons. The first-order valence-corrected chi connectivity index (χ1v) is 12.1. The summed E-state index contributed by atoms with van der Waals surface area (Å²) in [7, 11) is 0. The van der Waals surface area contributed by atoms with E-state index < -0.39 is 0 Å². The average Bonchev–Trinajstić information content (AvgIpc) is 2.62. The molecule has 0 N–H and O–H groups in total. The van der Waals surface area contributed by atoms with Gasteiger partial charge in [-0.3, -0.25) is 0 Å². The maximum atomic E-state index is 3.96. The van der Waals surface area contributed by atoms with Gasteiger partial charge < -0.3 is 0 Å². The van der Waals surface area contributed by atoms with Gasteiger partial charge in [0.1, 0.15) is 0 Å². The first kappa shape index (κ1) is 25.0. The summed E-state index contributed by atoms with van der Waals surface area (Å²) < 4.78 is 0. The molecule has 0 spiro atoms. The van der Waals surface area contributed by atoms with Crippen LogP contribution in [0.3, 0.4) is 0 Å². The van der Waals surface area contributed by atoms with Gasteiger partial charge in [0, 0.05) is 0 Å². The molecule has 0 heterocycles. The third kappa shape index (κ3) is 20.2. The first-order chi connectivity index (χ1) is 12.3. The second-order valence-electron chi connectivity index (χ2n) is 8.39. The topological polar surface area (TPSA) is 0 Å². The molecular formula is C25H51. The zero-order valence-corrected chi connectivity index (χ0v) is 18.1. The van der Waals surface area contributed by atoms with Crippen molar-refractivity contribution in [3.8, 4) is 0 Å². The average molecular weight is 352 g/mol. The van der Waals surface area contributed by atoms with E-state index in [4.69, 9.17) is 0 Å². The molecule has 1 atom stereocenters. The number of hydrogen-bond acceptors (Lipinski definition) is 0. The van der Waals surface area contributed by atoms with Crippen LogP contribution < -0.4 is 0 Å². The summed E-state index contributed by atoms with van der Waals surface area (Å²) in [5.41, 5.74) is 0. The molecule has 0 aliphatic carbocycles. The van der Waals surface area contributed by atoms with E-state index in [0.717, 1.165) is 12.3 Å². The fourth-order valence-corrected chi connectivity index (χ4v) is 4.08. The van der Waals surface area contributed by atoms with Crippen LogP contribution in [0.4, 0.5) is 0 Å². The van der Waals surface area contributed by atoms with Gasteiger partial charge in [-0.15, -0.1) is 0 Å². The highest BCUT2D eigenvalue weighted by Gasteiger charge is 2.07. The van der Waals surface area contributed by atoms with Crippen molar-refractivity contribution in [1.82, 2.24) is 0 Å². The molecule has 0 heteroatoms. The Hall–Kier alpha value is 0. The van der Waals surface area contributed by atoms with Gasteiger partial charge in [-0.05, 0) is 5.92 Å². The Bertz CT molecular complexity index is 220. The zero-order chi connectivity index (χ0) is 18.4. The molecule has 1 unspecified atom stereocenters. The Morgan fingerprint density at radius 1 is 0.440 bits per heavy atom. The standard InChI is InChI=1S/C25H51/c1-4-7-9-11-12-13-14-15-16-17-18-19-21-24-25(22-6-3)23-20-10-8-5-2/h25H,2,4-24H2,1,3H3. The van der Waals surface area contributed by atoms with E-state index in [1.54, 1.807) is 0 Å². The van der Waals surface area contributed by atoms with Gasteiger partial charge in [0.15, 0.2) is 0 Å². The minimum Gasteiger partial charge on any atom is -0.0654 e. The number of hydrogen-bond donors (Lipinski definition) is 0. The fraction of sp³-hybridized carbons (Fsp3) is 0.960. The van der Waals surface area contributed by atoms with Crippen molar-refractivity contribution < 1.29 is 0 Å². The van der Waals surface area contributed by atoms with Gasteiger partial charge in [0.05, 0.1) is 0 Å². The molecule has 0 aliphatic rings. The maximum Gasteiger partial charge on any atom is -0.0414 e. The molecular weight excluding hydrogens is 300 g/mol. The maximum absolute atomic E-state index is 3.96. The first-order valence-electron chi connectivity index (χ1n) is 12.1. The second-order valence-corrected chi connectivity index (χ2v) is 8.39. The van der Waals surface area contributed by atoms with E-state index >= 15 is 0 Å².